The summed E-state index contributed by atoms with van der Waals surface area (Å²) in [4.78, 5) is 24.7. The zero-order valence-corrected chi connectivity index (χ0v) is 23.9. The van der Waals surface area contributed by atoms with E-state index in [4.69, 9.17) is 14.4 Å². The van der Waals surface area contributed by atoms with Crippen molar-refractivity contribution in [2.75, 3.05) is 17.3 Å². The van der Waals surface area contributed by atoms with Crippen LogP contribution in [-0.4, -0.2) is 41.0 Å². The maximum absolute atomic E-state index is 15.4. The Kier molecular flexibility index (Phi) is 6.28. The van der Waals surface area contributed by atoms with Crippen LogP contribution >= 0.6 is 0 Å². The van der Waals surface area contributed by atoms with Gasteiger partial charge < -0.3 is 9.74 Å². The van der Waals surface area contributed by atoms with Crippen molar-refractivity contribution in [3.8, 4) is 0 Å². The van der Waals surface area contributed by atoms with Crippen LogP contribution in [-0.2, 0) is 21.2 Å². The lowest BCUT2D eigenvalue weighted by Crippen LogP contribution is -2.40. The van der Waals surface area contributed by atoms with Crippen LogP contribution in [0.3, 0.4) is 0 Å². The molecule has 36 heavy (non-hydrogen) atoms. The molecule has 0 atom stereocenters. The summed E-state index contributed by atoms with van der Waals surface area (Å²) in [6.07, 6.45) is 1.63. The maximum Gasteiger partial charge on any atom is 0.243 e. The van der Waals surface area contributed by atoms with Gasteiger partial charge in [-0.25, -0.2) is 14.4 Å². The van der Waals surface area contributed by atoms with Crippen LogP contribution < -0.4 is 10.2 Å². The van der Waals surface area contributed by atoms with Crippen LogP contribution in [0, 0.1) is 5.82 Å². The van der Waals surface area contributed by atoms with E-state index >= 15 is 4.39 Å². The largest absolute Gasteiger partial charge is 0.409 e. The Bertz CT molecular complexity index is 1340. The van der Waals surface area contributed by atoms with Crippen molar-refractivity contribution in [3.05, 3.63) is 35.5 Å². The molecule has 0 saturated heterocycles. The summed E-state index contributed by atoms with van der Waals surface area (Å²) in [5.74, 6) is 0.877. The number of aromatic nitrogens is 4. The van der Waals surface area contributed by atoms with Gasteiger partial charge in [-0.15, -0.1) is 0 Å². The molecule has 0 radical (unpaired) electrons. The average Bonchev–Trinajstić information content (AvgIpc) is 3.29. The van der Waals surface area contributed by atoms with Gasteiger partial charge in [0.2, 0.25) is 5.91 Å². The average molecular weight is 513 g/mol. The fourth-order valence-electron chi connectivity index (χ4n) is 4.31. The Labute approximate surface area is 213 Å². The maximum atomic E-state index is 15.4. The Morgan fingerprint density at radius 1 is 1.19 bits per heavy atom. The minimum Gasteiger partial charge on any atom is -0.409 e. The first-order valence-electron chi connectivity index (χ1n) is 12.3. The Morgan fingerprint density at radius 2 is 1.86 bits per heavy atom. The van der Waals surface area contributed by atoms with Crippen LogP contribution in [0.4, 0.5) is 21.7 Å². The standard InChI is InChI=1S/C26H37FN6O2Si/c1-15(2)33-21-16(13-29-33)11-17(12-18(21)27)32-23-20(26(6,7)24(32)34)22(28-8)30-19(31-23)14-35-36(9,10)25(3,4)5/h11-13,15H,14H2,1-10H3,(H,28,30,31). The summed E-state index contributed by atoms with van der Waals surface area (Å²) in [6, 6.07) is 3.18. The van der Waals surface area contributed by atoms with Gasteiger partial charge in [-0.3, -0.25) is 14.4 Å². The molecule has 1 aromatic carbocycles. The molecule has 3 heterocycles. The number of anilines is 3. The van der Waals surface area contributed by atoms with E-state index in [2.05, 4.69) is 44.3 Å². The number of halogens is 1. The summed E-state index contributed by atoms with van der Waals surface area (Å²) in [5.41, 5.74) is 0.614. The van der Waals surface area contributed by atoms with Crippen molar-refractivity contribution in [2.24, 2.45) is 0 Å². The molecule has 0 aliphatic carbocycles. The second kappa shape index (κ2) is 8.62. The molecule has 0 unspecified atom stereocenters. The highest BCUT2D eigenvalue weighted by molar-refractivity contribution is 6.74. The molecule has 1 amide bonds. The molecule has 1 aliphatic heterocycles. The van der Waals surface area contributed by atoms with Gasteiger partial charge in [-0.1, -0.05) is 20.8 Å². The third-order valence-electron chi connectivity index (χ3n) is 7.49. The van der Waals surface area contributed by atoms with Crippen molar-refractivity contribution in [3.63, 3.8) is 0 Å². The molecule has 4 rings (SSSR count). The first kappa shape index (κ1) is 26.2. The van der Waals surface area contributed by atoms with Crippen molar-refractivity contribution < 1.29 is 13.6 Å². The molecule has 194 valence electrons. The molecule has 0 spiro atoms. The Balaban J connectivity index is 1.84. The van der Waals surface area contributed by atoms with Gasteiger partial charge in [-0.2, -0.15) is 5.10 Å². The Hall–Kier alpha value is -2.85. The number of nitrogens with zero attached hydrogens (tertiary/aromatic N) is 5. The summed E-state index contributed by atoms with van der Waals surface area (Å²) < 4.78 is 23.4. The lowest BCUT2D eigenvalue weighted by Gasteiger charge is -2.35. The van der Waals surface area contributed by atoms with Crippen LogP contribution in [0.5, 0.6) is 0 Å². The minimum absolute atomic E-state index is 0.00492. The van der Waals surface area contributed by atoms with E-state index in [0.717, 1.165) is 0 Å². The number of nitrogens with one attached hydrogen (secondary N) is 1. The van der Waals surface area contributed by atoms with E-state index in [-0.39, 0.29) is 23.6 Å². The molecule has 8 nitrogen and oxygen atoms in total. The van der Waals surface area contributed by atoms with E-state index in [1.54, 1.807) is 24.0 Å². The van der Waals surface area contributed by atoms with Gasteiger partial charge in [0.25, 0.3) is 0 Å². The molecule has 2 aromatic heterocycles. The third kappa shape index (κ3) is 4.09. The third-order valence-corrected chi connectivity index (χ3v) is 12.0. The number of carbonyl (C=O) groups is 1. The zero-order valence-electron chi connectivity index (χ0n) is 22.9. The summed E-state index contributed by atoms with van der Waals surface area (Å²) >= 11 is 0. The fourth-order valence-corrected chi connectivity index (χ4v) is 5.23. The molecule has 0 saturated carbocycles. The van der Waals surface area contributed by atoms with Crippen LogP contribution in [0.15, 0.2) is 18.3 Å². The topological polar surface area (TPSA) is 85.2 Å². The van der Waals surface area contributed by atoms with Crippen molar-refractivity contribution >= 4 is 42.5 Å². The van der Waals surface area contributed by atoms with Crippen LogP contribution in [0.1, 0.15) is 65.9 Å². The number of hydrogen-bond donors (Lipinski definition) is 1. The van der Waals surface area contributed by atoms with Gasteiger partial charge in [0, 0.05) is 24.5 Å². The SMILES string of the molecule is CNc1nc(CO[Si](C)(C)C(C)(C)C)nc2c1C(C)(C)C(=O)N2c1cc(F)c2c(cnn2C(C)C)c1. The van der Waals surface area contributed by atoms with E-state index in [0.29, 0.717) is 39.6 Å². The second-order valence-corrected chi connectivity index (χ2v) is 16.6. The normalized spacial score (nSPS) is 15.8. The highest BCUT2D eigenvalue weighted by Crippen LogP contribution is 2.48. The minimum atomic E-state index is -2.05. The molecule has 0 bridgehead atoms. The predicted octanol–water partition coefficient (Wildman–Crippen LogP) is 6.07. The summed E-state index contributed by atoms with van der Waals surface area (Å²) in [5, 5.41) is 8.15. The quantitative estimate of drug-likeness (QED) is 0.404. The van der Waals surface area contributed by atoms with E-state index in [9.17, 15) is 4.79 Å². The lowest BCUT2D eigenvalue weighted by molar-refractivity contribution is -0.121. The fraction of sp³-hybridized carbons (Fsp3) is 0.538. The smallest absolute Gasteiger partial charge is 0.243 e. The van der Waals surface area contributed by atoms with Gasteiger partial charge in [-0.05, 0) is 51.9 Å². The zero-order chi connectivity index (χ0) is 26.8. The van der Waals surface area contributed by atoms with Gasteiger partial charge in [0.1, 0.15) is 17.2 Å². The van der Waals surface area contributed by atoms with Crippen molar-refractivity contribution in [1.82, 2.24) is 19.7 Å². The number of benzene rings is 1. The highest BCUT2D eigenvalue weighted by atomic mass is 28.4. The number of carbonyl (C=O) groups excluding carboxylic acids is 1. The number of amides is 1. The molecule has 3 aromatic rings. The second-order valence-electron chi connectivity index (χ2n) is 11.8. The summed E-state index contributed by atoms with van der Waals surface area (Å²) in [6.45, 7) is 18.7. The molecule has 1 N–H and O–H groups in total. The van der Waals surface area contributed by atoms with Crippen LogP contribution in [0.2, 0.25) is 18.1 Å². The lowest BCUT2D eigenvalue weighted by atomic mass is 9.87. The number of hydrogen-bond acceptors (Lipinski definition) is 6. The predicted molar refractivity (Wildman–Crippen MR) is 144 cm³/mol. The van der Waals surface area contributed by atoms with Gasteiger partial charge in [0.15, 0.2) is 20.0 Å². The molecular weight excluding hydrogens is 475 g/mol. The highest BCUT2D eigenvalue weighted by Gasteiger charge is 2.48. The number of rotatable bonds is 6. The molecule has 1 aliphatic rings. The molecule has 0 fully saturated rings. The van der Waals surface area contributed by atoms with Gasteiger partial charge >= 0.3 is 0 Å². The van der Waals surface area contributed by atoms with Crippen LogP contribution in [0.25, 0.3) is 10.9 Å². The Morgan fingerprint density at radius 3 is 2.44 bits per heavy atom. The first-order valence-corrected chi connectivity index (χ1v) is 15.3. The molecule has 10 heteroatoms. The van der Waals surface area contributed by atoms with E-state index in [1.807, 2.05) is 27.7 Å². The number of fused-ring (bicyclic) bond motifs is 2. The van der Waals surface area contributed by atoms with E-state index in [1.165, 1.54) is 11.0 Å². The van der Waals surface area contributed by atoms with Gasteiger partial charge in [0.05, 0.1) is 29.5 Å². The van der Waals surface area contributed by atoms with E-state index < -0.39 is 19.5 Å². The monoisotopic (exact) mass is 512 g/mol. The summed E-state index contributed by atoms with van der Waals surface area (Å²) in [7, 11) is -0.274. The first-order chi connectivity index (χ1) is 16.6. The van der Waals surface area contributed by atoms with Crippen molar-refractivity contribution in [2.45, 2.75) is 84.7 Å². The molecular formula is C26H37FN6O2Si. The van der Waals surface area contributed by atoms with Crippen molar-refractivity contribution in [1.29, 1.82) is 0 Å².